The summed E-state index contributed by atoms with van der Waals surface area (Å²) < 4.78 is 11.3. The first kappa shape index (κ1) is 26.9. The average molecular weight is 501 g/mol. The maximum atomic E-state index is 14.2. The second-order valence-corrected chi connectivity index (χ2v) is 11.2. The first-order valence-corrected chi connectivity index (χ1v) is 12.8. The summed E-state index contributed by atoms with van der Waals surface area (Å²) in [5.41, 5.74) is 1.04. The average Bonchev–Trinajstić information content (AvgIpc) is 3.42. The highest BCUT2D eigenvalue weighted by atomic mass is 32.1. The van der Waals surface area contributed by atoms with Gasteiger partial charge in [-0.05, 0) is 47.9 Å². The van der Waals surface area contributed by atoms with Crippen molar-refractivity contribution in [3.63, 3.8) is 0 Å². The van der Waals surface area contributed by atoms with Crippen LogP contribution in [0.4, 0.5) is 0 Å². The van der Waals surface area contributed by atoms with Crippen LogP contribution in [0.5, 0.6) is 5.75 Å². The summed E-state index contributed by atoms with van der Waals surface area (Å²) in [7, 11) is 1.58. The highest BCUT2D eigenvalue weighted by Crippen LogP contribution is 2.47. The first-order valence-electron chi connectivity index (χ1n) is 11.9. The summed E-state index contributed by atoms with van der Waals surface area (Å²) in [5.74, 6) is -0.772. The zero-order valence-electron chi connectivity index (χ0n) is 21.7. The molecule has 1 aliphatic rings. The first-order chi connectivity index (χ1) is 16.5. The van der Waals surface area contributed by atoms with Gasteiger partial charge in [0.25, 0.3) is 5.91 Å². The molecule has 0 saturated heterocycles. The summed E-state index contributed by atoms with van der Waals surface area (Å²) in [6.07, 6.45) is 2.16. The molecule has 2 aromatic rings. The normalized spacial score (nSPS) is 18.5. The fourth-order valence-corrected chi connectivity index (χ4v) is 5.51. The Morgan fingerprint density at radius 3 is 2.51 bits per heavy atom. The number of nitrogens with zero attached hydrogens (tertiary/aromatic N) is 2. The molecule has 0 aliphatic carbocycles. The van der Waals surface area contributed by atoms with Gasteiger partial charge in [0, 0.05) is 30.2 Å². The zero-order chi connectivity index (χ0) is 26.0. The number of ether oxygens (including phenoxy) is 2. The van der Waals surface area contributed by atoms with Crippen LogP contribution >= 0.6 is 11.3 Å². The molecule has 35 heavy (non-hydrogen) atoms. The van der Waals surface area contributed by atoms with Gasteiger partial charge in [-0.1, -0.05) is 40.7 Å². The van der Waals surface area contributed by atoms with Crippen LogP contribution in [0.2, 0.25) is 0 Å². The van der Waals surface area contributed by atoms with E-state index in [1.54, 1.807) is 25.4 Å². The molecule has 1 aliphatic heterocycles. The number of methoxy groups -OCH3 is 1. The van der Waals surface area contributed by atoms with Gasteiger partial charge in [-0.3, -0.25) is 9.69 Å². The van der Waals surface area contributed by atoms with Gasteiger partial charge in [-0.15, -0.1) is 11.3 Å². The Morgan fingerprint density at radius 2 is 2.00 bits per heavy atom. The van der Waals surface area contributed by atoms with Crippen molar-refractivity contribution in [3.05, 3.63) is 51.5 Å². The lowest BCUT2D eigenvalue weighted by atomic mass is 9.83. The minimum Gasteiger partial charge on any atom is -0.496 e. The topological polar surface area (TPSA) is 89.0 Å². The zero-order valence-corrected chi connectivity index (χ0v) is 22.5. The third kappa shape index (κ3) is 5.28. The second-order valence-electron chi connectivity index (χ2n) is 10.3. The third-order valence-electron chi connectivity index (χ3n) is 6.21. The number of carbonyl (C=O) groups excluding carboxylic acids is 1. The lowest BCUT2D eigenvalue weighted by Gasteiger charge is -2.37. The number of aromatic nitrogens is 1. The molecule has 1 amide bonds. The number of carboxylic acid groups (broad SMARTS) is 1. The summed E-state index contributed by atoms with van der Waals surface area (Å²) in [6, 6.07) is 5.36. The largest absolute Gasteiger partial charge is 0.496 e. The Morgan fingerprint density at radius 1 is 1.29 bits per heavy atom. The number of hydrogen-bond acceptors (Lipinski definition) is 6. The van der Waals surface area contributed by atoms with Crippen LogP contribution in [0.15, 0.2) is 35.3 Å². The maximum absolute atomic E-state index is 14.2. The van der Waals surface area contributed by atoms with E-state index in [4.69, 9.17) is 9.47 Å². The van der Waals surface area contributed by atoms with Gasteiger partial charge in [0.05, 0.1) is 19.4 Å². The number of thiazole rings is 1. The number of carboxylic acids is 1. The van der Waals surface area contributed by atoms with Gasteiger partial charge in [-0.25, -0.2) is 9.78 Å². The third-order valence-corrected chi connectivity index (χ3v) is 6.99. The molecule has 0 radical (unpaired) electrons. The molecule has 1 N–H and O–H groups in total. The smallest absolute Gasteiger partial charge is 0.330 e. The summed E-state index contributed by atoms with van der Waals surface area (Å²) in [5, 5.41) is 13.0. The van der Waals surface area contributed by atoms with Crippen molar-refractivity contribution in [2.24, 2.45) is 5.92 Å². The minimum atomic E-state index is -1.44. The molecule has 0 saturated carbocycles. The van der Waals surface area contributed by atoms with E-state index in [0.29, 0.717) is 35.0 Å². The molecule has 1 aromatic heterocycles. The van der Waals surface area contributed by atoms with Crippen molar-refractivity contribution in [1.82, 2.24) is 9.88 Å². The Bertz CT molecular complexity index is 1100. The molecular weight excluding hydrogens is 464 g/mol. The van der Waals surface area contributed by atoms with Crippen LogP contribution < -0.4 is 4.74 Å². The standard InChI is InChI=1S/C27H36N2O5S/c1-8-34-16-19-15-27(25(31)32,14-17(2)3)29(22(19)23-28-11-12-35-23)24(30)18-9-10-20(26(4,5)6)21(13-18)33-7/h9-13,17H,8,14-16H2,1-7H3,(H,31,32)/t27-/m0/s1. The van der Waals surface area contributed by atoms with Gasteiger partial charge in [0.15, 0.2) is 0 Å². The second kappa shape index (κ2) is 10.5. The Kier molecular flexibility index (Phi) is 8.07. The highest BCUT2D eigenvalue weighted by molar-refractivity contribution is 7.10. The van der Waals surface area contributed by atoms with Gasteiger partial charge in [0.1, 0.15) is 16.3 Å². The van der Waals surface area contributed by atoms with E-state index in [0.717, 1.165) is 11.1 Å². The summed E-state index contributed by atoms with van der Waals surface area (Å²) in [6.45, 7) is 12.8. The van der Waals surface area contributed by atoms with E-state index >= 15 is 0 Å². The summed E-state index contributed by atoms with van der Waals surface area (Å²) >= 11 is 1.38. The van der Waals surface area contributed by atoms with Crippen molar-refractivity contribution < 1.29 is 24.2 Å². The predicted molar refractivity (Wildman–Crippen MR) is 138 cm³/mol. The molecule has 1 atom stereocenters. The van der Waals surface area contributed by atoms with E-state index in [-0.39, 0.29) is 30.3 Å². The number of benzene rings is 1. The van der Waals surface area contributed by atoms with Gasteiger partial charge in [-0.2, -0.15) is 0 Å². The van der Waals surface area contributed by atoms with E-state index in [9.17, 15) is 14.7 Å². The number of aliphatic carboxylic acids is 1. The van der Waals surface area contributed by atoms with Crippen molar-refractivity contribution in [2.45, 2.75) is 65.3 Å². The van der Waals surface area contributed by atoms with Crippen LogP contribution in [0.3, 0.4) is 0 Å². The fourth-order valence-electron chi connectivity index (χ4n) is 4.79. The monoisotopic (exact) mass is 500 g/mol. The molecule has 0 spiro atoms. The van der Waals surface area contributed by atoms with Crippen LogP contribution in [0, 0.1) is 5.92 Å². The predicted octanol–water partition coefficient (Wildman–Crippen LogP) is 5.61. The van der Waals surface area contributed by atoms with E-state index in [1.807, 2.05) is 32.2 Å². The Balaban J connectivity index is 2.23. The fraction of sp³-hybridized carbons (Fsp3) is 0.519. The quantitative estimate of drug-likeness (QED) is 0.481. The maximum Gasteiger partial charge on any atom is 0.330 e. The summed E-state index contributed by atoms with van der Waals surface area (Å²) in [4.78, 5) is 33.1. The van der Waals surface area contributed by atoms with E-state index < -0.39 is 11.5 Å². The number of carbonyl (C=O) groups is 2. The van der Waals surface area contributed by atoms with Crippen molar-refractivity contribution in [3.8, 4) is 5.75 Å². The molecule has 1 aromatic carbocycles. The molecular formula is C27H36N2O5S. The number of amides is 1. The lowest BCUT2D eigenvalue weighted by molar-refractivity contribution is -0.148. The number of hydrogen-bond donors (Lipinski definition) is 1. The van der Waals surface area contributed by atoms with Gasteiger partial charge in [0.2, 0.25) is 0 Å². The minimum absolute atomic E-state index is 0.0446. The van der Waals surface area contributed by atoms with Gasteiger partial charge < -0.3 is 14.6 Å². The van der Waals surface area contributed by atoms with Crippen LogP contribution in [-0.2, 0) is 14.9 Å². The van der Waals surface area contributed by atoms with Crippen molar-refractivity contribution in [2.75, 3.05) is 20.3 Å². The molecule has 0 fully saturated rings. The molecule has 190 valence electrons. The van der Waals surface area contributed by atoms with Crippen molar-refractivity contribution in [1.29, 1.82) is 0 Å². The molecule has 0 unspecified atom stereocenters. The van der Waals surface area contributed by atoms with Gasteiger partial charge >= 0.3 is 5.97 Å². The molecule has 3 rings (SSSR count). The SMILES string of the molecule is CCOCC1=C(c2nccs2)N(C(=O)c2ccc(C(C)(C)C)c(OC)c2)[C@](CC(C)C)(C(=O)O)C1. The molecule has 2 heterocycles. The highest BCUT2D eigenvalue weighted by Gasteiger charge is 2.55. The van der Waals surface area contributed by atoms with E-state index in [1.165, 1.54) is 16.2 Å². The van der Waals surface area contributed by atoms with Crippen LogP contribution in [-0.4, -0.2) is 52.7 Å². The van der Waals surface area contributed by atoms with Crippen molar-refractivity contribution >= 4 is 28.9 Å². The van der Waals surface area contributed by atoms with E-state index in [2.05, 4.69) is 25.8 Å². The number of rotatable bonds is 9. The Labute approximate surface area is 211 Å². The van der Waals surface area contributed by atoms with Crippen LogP contribution in [0.1, 0.15) is 75.3 Å². The molecule has 8 heteroatoms. The Hall–Kier alpha value is -2.71. The molecule has 7 nitrogen and oxygen atoms in total. The van der Waals surface area contributed by atoms with Crippen LogP contribution in [0.25, 0.3) is 5.70 Å². The molecule has 0 bridgehead atoms. The lowest BCUT2D eigenvalue weighted by Crippen LogP contribution is -2.54.